The number of nitrogen functional groups attached to an aromatic ring is 1. The summed E-state index contributed by atoms with van der Waals surface area (Å²) in [6.45, 7) is 5.96. The van der Waals surface area contributed by atoms with Crippen LogP contribution in [0.1, 0.15) is 50.5 Å². The fourth-order valence-corrected chi connectivity index (χ4v) is 2.08. The predicted molar refractivity (Wildman–Crippen MR) is 67.9 cm³/mol. The van der Waals surface area contributed by atoms with E-state index in [0.29, 0.717) is 11.7 Å². The molecule has 2 heterocycles. The average Bonchev–Trinajstić information content (AvgIpc) is 2.58. The molecular formula is C12H19N5. The molecule has 0 unspecified atom stereocenters. The van der Waals surface area contributed by atoms with Crippen molar-refractivity contribution in [3.63, 3.8) is 0 Å². The highest BCUT2D eigenvalue weighted by Crippen LogP contribution is 2.36. The van der Waals surface area contributed by atoms with Crippen molar-refractivity contribution >= 4 is 11.3 Å². The van der Waals surface area contributed by atoms with Gasteiger partial charge in [0.15, 0.2) is 5.82 Å². The molecule has 1 aliphatic carbocycles. The van der Waals surface area contributed by atoms with E-state index < -0.39 is 0 Å². The Morgan fingerprint density at radius 3 is 2.65 bits per heavy atom. The van der Waals surface area contributed by atoms with Crippen molar-refractivity contribution in [1.82, 2.24) is 19.6 Å². The molecule has 1 fully saturated rings. The first-order valence-electron chi connectivity index (χ1n) is 6.23. The topological polar surface area (TPSA) is 69.1 Å². The molecule has 0 amide bonds. The van der Waals surface area contributed by atoms with E-state index >= 15 is 0 Å². The molecule has 1 saturated carbocycles. The zero-order valence-corrected chi connectivity index (χ0v) is 10.6. The van der Waals surface area contributed by atoms with Crippen molar-refractivity contribution in [3.05, 3.63) is 17.8 Å². The molecule has 1 aliphatic rings. The predicted octanol–water partition coefficient (Wildman–Crippen LogP) is 2.31. The number of aryl methyl sites for hydroxylation is 1. The minimum atomic E-state index is 0.514. The van der Waals surface area contributed by atoms with Crippen molar-refractivity contribution in [2.45, 2.75) is 46.0 Å². The molecule has 0 radical (unpaired) electrons. The lowest BCUT2D eigenvalue weighted by molar-refractivity contribution is 0.396. The Bertz CT molecular complexity index is 513. The lowest BCUT2D eigenvalue weighted by Gasteiger charge is -2.23. The van der Waals surface area contributed by atoms with Crippen LogP contribution in [-0.2, 0) is 0 Å². The summed E-state index contributed by atoms with van der Waals surface area (Å²) in [4.78, 5) is 8.54. The van der Waals surface area contributed by atoms with Crippen LogP contribution in [0.3, 0.4) is 0 Å². The Kier molecular flexibility index (Phi) is 3.26. The van der Waals surface area contributed by atoms with Gasteiger partial charge in [-0.1, -0.05) is 20.3 Å². The molecule has 0 bridgehead atoms. The maximum Gasteiger partial charge on any atom is 0.153 e. The Hall–Kier alpha value is -1.65. The molecule has 5 nitrogen and oxygen atoms in total. The van der Waals surface area contributed by atoms with Crippen molar-refractivity contribution in [2.24, 2.45) is 0 Å². The van der Waals surface area contributed by atoms with E-state index in [2.05, 4.69) is 15.1 Å². The van der Waals surface area contributed by atoms with Crippen molar-refractivity contribution < 1.29 is 0 Å². The van der Waals surface area contributed by atoms with Crippen LogP contribution in [0.25, 0.3) is 5.52 Å². The molecule has 92 valence electrons. The quantitative estimate of drug-likeness (QED) is 0.820. The highest BCUT2D eigenvalue weighted by Gasteiger charge is 2.25. The van der Waals surface area contributed by atoms with Crippen LogP contribution in [0, 0.1) is 6.92 Å². The van der Waals surface area contributed by atoms with Crippen molar-refractivity contribution in [1.29, 1.82) is 0 Å². The first kappa shape index (κ1) is 11.8. The molecule has 2 aromatic rings. The molecule has 3 rings (SSSR count). The monoisotopic (exact) mass is 233 g/mol. The zero-order valence-electron chi connectivity index (χ0n) is 10.6. The third-order valence-corrected chi connectivity index (χ3v) is 3.13. The number of fused-ring (bicyclic) bond motifs is 1. The van der Waals surface area contributed by atoms with E-state index in [0.717, 1.165) is 17.0 Å². The van der Waals surface area contributed by atoms with Gasteiger partial charge in [0.2, 0.25) is 0 Å². The fourth-order valence-electron chi connectivity index (χ4n) is 2.08. The van der Waals surface area contributed by atoms with Crippen molar-refractivity contribution in [3.8, 4) is 0 Å². The Morgan fingerprint density at radius 2 is 2.06 bits per heavy atom. The molecule has 0 aliphatic heterocycles. The van der Waals surface area contributed by atoms with Crippen LogP contribution in [0.15, 0.2) is 6.33 Å². The second-order valence-corrected chi connectivity index (χ2v) is 4.09. The molecule has 5 heteroatoms. The fraction of sp³-hybridized carbons (Fsp3) is 0.583. The van der Waals surface area contributed by atoms with Crippen LogP contribution < -0.4 is 5.73 Å². The number of hydrogen-bond acceptors (Lipinski definition) is 4. The third kappa shape index (κ3) is 1.85. The van der Waals surface area contributed by atoms with E-state index in [1.54, 1.807) is 0 Å². The summed E-state index contributed by atoms with van der Waals surface area (Å²) >= 11 is 0. The van der Waals surface area contributed by atoms with Crippen molar-refractivity contribution in [2.75, 3.05) is 5.73 Å². The number of rotatable bonds is 1. The van der Waals surface area contributed by atoms with Gasteiger partial charge < -0.3 is 5.73 Å². The summed E-state index contributed by atoms with van der Waals surface area (Å²) in [5.41, 5.74) is 7.60. The van der Waals surface area contributed by atoms with Crippen LogP contribution >= 0.6 is 0 Å². The minimum absolute atomic E-state index is 0.514. The molecule has 0 saturated heterocycles. The van der Waals surface area contributed by atoms with Crippen LogP contribution in [0.5, 0.6) is 0 Å². The van der Waals surface area contributed by atoms with E-state index in [1.807, 2.05) is 25.3 Å². The smallest absolute Gasteiger partial charge is 0.153 e. The normalized spacial score (nSPS) is 15.2. The van der Waals surface area contributed by atoms with Gasteiger partial charge in [-0.05, 0) is 19.8 Å². The largest absolute Gasteiger partial charge is 0.382 e. The number of hydrogen-bond donors (Lipinski definition) is 1. The van der Waals surface area contributed by atoms with E-state index in [4.69, 9.17) is 5.73 Å². The number of nitrogens with two attached hydrogens (primary N) is 1. The molecule has 0 atom stereocenters. The molecule has 2 aromatic heterocycles. The second-order valence-electron chi connectivity index (χ2n) is 4.09. The Labute approximate surface area is 101 Å². The lowest BCUT2D eigenvalue weighted by Crippen LogP contribution is -2.14. The maximum absolute atomic E-state index is 5.82. The molecule has 17 heavy (non-hydrogen) atoms. The summed E-state index contributed by atoms with van der Waals surface area (Å²) in [5, 5.41) is 4.23. The molecular weight excluding hydrogens is 214 g/mol. The highest BCUT2D eigenvalue weighted by molar-refractivity contribution is 5.68. The van der Waals surface area contributed by atoms with Gasteiger partial charge in [0, 0.05) is 5.92 Å². The van der Waals surface area contributed by atoms with E-state index in [-0.39, 0.29) is 0 Å². The minimum Gasteiger partial charge on any atom is -0.382 e. The van der Waals surface area contributed by atoms with Gasteiger partial charge in [0.1, 0.15) is 17.7 Å². The summed E-state index contributed by atoms with van der Waals surface area (Å²) in [7, 11) is 0. The van der Waals surface area contributed by atoms with Crippen LogP contribution in [0.4, 0.5) is 5.82 Å². The summed E-state index contributed by atoms with van der Waals surface area (Å²) in [5.74, 6) is 2.11. The number of aromatic nitrogens is 4. The van der Waals surface area contributed by atoms with Gasteiger partial charge in [-0.2, -0.15) is 5.10 Å². The number of anilines is 1. The van der Waals surface area contributed by atoms with Gasteiger partial charge in [-0.25, -0.2) is 14.5 Å². The van der Waals surface area contributed by atoms with Crippen LogP contribution in [0.2, 0.25) is 0 Å². The Balaban J connectivity index is 0.000000514. The average molecular weight is 233 g/mol. The standard InChI is InChI=1S/C10H13N5.C2H6/c1-6-8-9(11)12-5-13-15(8)10(14-6)7-3-2-4-7;1-2/h5,7H,2-4H2,1H3,(H2,11,12,13);1-2H3. The van der Waals surface area contributed by atoms with Gasteiger partial charge in [-0.15, -0.1) is 0 Å². The SMILES string of the molecule is CC.Cc1nc(C2CCC2)n2ncnc(N)c12. The maximum atomic E-state index is 5.82. The first-order valence-corrected chi connectivity index (χ1v) is 6.23. The van der Waals surface area contributed by atoms with Crippen LogP contribution in [-0.4, -0.2) is 19.6 Å². The second kappa shape index (κ2) is 4.69. The highest BCUT2D eigenvalue weighted by atomic mass is 15.3. The first-order chi connectivity index (χ1) is 8.27. The summed E-state index contributed by atoms with van der Waals surface area (Å²) in [6, 6.07) is 0. The summed E-state index contributed by atoms with van der Waals surface area (Å²) in [6.07, 6.45) is 5.20. The van der Waals surface area contributed by atoms with E-state index in [1.165, 1.54) is 25.6 Å². The molecule has 2 N–H and O–H groups in total. The number of nitrogens with zero attached hydrogens (tertiary/aromatic N) is 4. The third-order valence-electron chi connectivity index (χ3n) is 3.13. The lowest BCUT2D eigenvalue weighted by atomic mass is 9.85. The van der Waals surface area contributed by atoms with Gasteiger partial charge in [-0.3, -0.25) is 0 Å². The number of imidazole rings is 1. The van der Waals surface area contributed by atoms with Gasteiger partial charge in [0.25, 0.3) is 0 Å². The van der Waals surface area contributed by atoms with E-state index in [9.17, 15) is 0 Å². The van der Waals surface area contributed by atoms with Gasteiger partial charge >= 0.3 is 0 Å². The summed E-state index contributed by atoms with van der Waals surface area (Å²) < 4.78 is 1.85. The zero-order chi connectivity index (χ0) is 12.4. The Morgan fingerprint density at radius 1 is 1.35 bits per heavy atom. The molecule has 0 aromatic carbocycles. The van der Waals surface area contributed by atoms with Gasteiger partial charge in [0.05, 0.1) is 5.69 Å². The molecule has 0 spiro atoms.